The zero-order valence-corrected chi connectivity index (χ0v) is 15.9. The third kappa shape index (κ3) is 3.23. The Morgan fingerprint density at radius 1 is 1.27 bits per heavy atom. The molecule has 0 amide bonds. The Balaban J connectivity index is 1.50. The van der Waals surface area contributed by atoms with Crippen LogP contribution in [-0.4, -0.2) is 46.4 Å². The Kier molecular flexibility index (Phi) is 4.27. The van der Waals surface area contributed by atoms with Crippen molar-refractivity contribution in [3.63, 3.8) is 0 Å². The summed E-state index contributed by atoms with van der Waals surface area (Å²) in [6, 6.07) is 5.43. The van der Waals surface area contributed by atoms with Crippen LogP contribution in [0.3, 0.4) is 0 Å². The summed E-state index contributed by atoms with van der Waals surface area (Å²) in [5.74, 6) is 0.946. The molecular weight excluding hydrogens is 352 g/mol. The molecule has 4 rings (SSSR count). The second-order valence-corrected chi connectivity index (χ2v) is 9.66. The van der Waals surface area contributed by atoms with E-state index in [0.29, 0.717) is 29.7 Å². The molecule has 0 unspecified atom stereocenters. The number of rotatable bonds is 4. The van der Waals surface area contributed by atoms with Crippen molar-refractivity contribution >= 4 is 10.0 Å². The number of para-hydroxylation sites is 1. The molecule has 1 aromatic carbocycles. The fraction of sp³-hybridized carbons (Fsp3) is 0.556. The van der Waals surface area contributed by atoms with Crippen molar-refractivity contribution in [1.29, 1.82) is 0 Å². The van der Waals surface area contributed by atoms with Gasteiger partial charge in [-0.2, -0.15) is 4.31 Å². The molecule has 0 saturated carbocycles. The summed E-state index contributed by atoms with van der Waals surface area (Å²) < 4.78 is 35.8. The van der Waals surface area contributed by atoms with Crippen LogP contribution in [0.4, 0.5) is 0 Å². The fourth-order valence-electron chi connectivity index (χ4n) is 3.86. The SMILES string of the molecule is CC1(C)Cc2cccc(S(=O)(=O)N3CCC(Cn4ccnn4)CC3)c2O1. The Hall–Kier alpha value is -1.93. The number of aromatic nitrogens is 3. The lowest BCUT2D eigenvalue weighted by Crippen LogP contribution is -2.39. The topological polar surface area (TPSA) is 77.3 Å². The molecule has 140 valence electrons. The molecule has 3 heterocycles. The maximum atomic E-state index is 13.2. The molecule has 8 heteroatoms. The Labute approximate surface area is 154 Å². The van der Waals surface area contributed by atoms with Gasteiger partial charge in [0.15, 0.2) is 0 Å². The second kappa shape index (κ2) is 6.35. The van der Waals surface area contributed by atoms with Crippen LogP contribution in [0.2, 0.25) is 0 Å². The Bertz CT molecular complexity index is 885. The summed E-state index contributed by atoms with van der Waals surface area (Å²) in [7, 11) is -3.55. The summed E-state index contributed by atoms with van der Waals surface area (Å²) in [5, 5.41) is 7.82. The van der Waals surface area contributed by atoms with E-state index in [1.165, 1.54) is 0 Å². The maximum absolute atomic E-state index is 13.2. The van der Waals surface area contributed by atoms with Crippen LogP contribution in [0.5, 0.6) is 5.75 Å². The van der Waals surface area contributed by atoms with Gasteiger partial charge in [0.2, 0.25) is 10.0 Å². The van der Waals surface area contributed by atoms with Crippen LogP contribution in [0.15, 0.2) is 35.5 Å². The van der Waals surface area contributed by atoms with E-state index < -0.39 is 10.0 Å². The van der Waals surface area contributed by atoms with Gasteiger partial charge in [-0.3, -0.25) is 4.68 Å². The van der Waals surface area contributed by atoms with Gasteiger partial charge in [-0.25, -0.2) is 8.42 Å². The molecule has 2 aliphatic heterocycles. The van der Waals surface area contributed by atoms with Crippen molar-refractivity contribution in [2.75, 3.05) is 13.1 Å². The number of fused-ring (bicyclic) bond motifs is 1. The van der Waals surface area contributed by atoms with Gasteiger partial charge < -0.3 is 4.74 Å². The third-order valence-electron chi connectivity index (χ3n) is 5.16. The predicted molar refractivity (Wildman–Crippen MR) is 96.4 cm³/mol. The zero-order valence-electron chi connectivity index (χ0n) is 15.1. The molecule has 0 radical (unpaired) electrons. The van der Waals surface area contributed by atoms with Gasteiger partial charge in [-0.15, -0.1) is 5.10 Å². The van der Waals surface area contributed by atoms with E-state index in [1.54, 1.807) is 16.6 Å². The monoisotopic (exact) mass is 376 g/mol. The third-order valence-corrected chi connectivity index (χ3v) is 7.09. The molecular formula is C18H24N4O3S. The second-order valence-electron chi connectivity index (χ2n) is 7.76. The van der Waals surface area contributed by atoms with E-state index in [-0.39, 0.29) is 5.60 Å². The first-order chi connectivity index (χ1) is 12.4. The summed E-state index contributed by atoms with van der Waals surface area (Å²) in [5.41, 5.74) is 0.607. The Morgan fingerprint density at radius 2 is 2.04 bits per heavy atom. The van der Waals surface area contributed by atoms with Gasteiger partial charge in [-0.1, -0.05) is 17.3 Å². The molecule has 26 heavy (non-hydrogen) atoms. The molecule has 1 saturated heterocycles. The Morgan fingerprint density at radius 3 is 2.73 bits per heavy atom. The van der Waals surface area contributed by atoms with E-state index in [9.17, 15) is 8.42 Å². The number of hydrogen-bond donors (Lipinski definition) is 0. The molecule has 0 bridgehead atoms. The molecule has 0 spiro atoms. The lowest BCUT2D eigenvalue weighted by molar-refractivity contribution is 0.134. The smallest absolute Gasteiger partial charge is 0.246 e. The lowest BCUT2D eigenvalue weighted by atomic mass is 9.98. The van der Waals surface area contributed by atoms with Crippen LogP contribution in [0.25, 0.3) is 0 Å². The lowest BCUT2D eigenvalue weighted by Gasteiger charge is -2.31. The molecule has 0 aliphatic carbocycles. The van der Waals surface area contributed by atoms with E-state index in [0.717, 1.165) is 31.4 Å². The van der Waals surface area contributed by atoms with Crippen LogP contribution in [0, 0.1) is 5.92 Å². The minimum absolute atomic E-state index is 0.301. The number of sulfonamides is 1. The summed E-state index contributed by atoms with van der Waals surface area (Å²) in [4.78, 5) is 0.301. The van der Waals surface area contributed by atoms with E-state index in [1.807, 2.05) is 36.9 Å². The summed E-state index contributed by atoms with van der Waals surface area (Å²) >= 11 is 0. The largest absolute Gasteiger partial charge is 0.486 e. The maximum Gasteiger partial charge on any atom is 0.246 e. The molecule has 2 aromatic rings. The van der Waals surface area contributed by atoms with Crippen molar-refractivity contribution < 1.29 is 13.2 Å². The highest BCUT2D eigenvalue weighted by molar-refractivity contribution is 7.89. The van der Waals surface area contributed by atoms with Gasteiger partial charge in [0.25, 0.3) is 0 Å². The highest BCUT2D eigenvalue weighted by Crippen LogP contribution is 2.41. The average Bonchev–Trinajstić information content (AvgIpc) is 3.20. The van der Waals surface area contributed by atoms with Crippen LogP contribution in [0.1, 0.15) is 32.3 Å². The van der Waals surface area contributed by atoms with Gasteiger partial charge in [-0.05, 0) is 44.2 Å². The summed E-state index contributed by atoms with van der Waals surface area (Å²) in [6.07, 6.45) is 5.87. The average molecular weight is 376 g/mol. The van der Waals surface area contributed by atoms with E-state index >= 15 is 0 Å². The zero-order chi connectivity index (χ0) is 18.4. The van der Waals surface area contributed by atoms with Gasteiger partial charge in [0, 0.05) is 32.3 Å². The number of piperidine rings is 1. The number of nitrogens with zero attached hydrogens (tertiary/aromatic N) is 4. The number of hydrogen-bond acceptors (Lipinski definition) is 5. The molecule has 0 atom stereocenters. The number of benzene rings is 1. The molecule has 2 aliphatic rings. The standard InChI is InChI=1S/C18H24N4O3S/c1-18(2)12-15-4-3-5-16(17(15)25-18)26(23,24)22-9-6-14(7-10-22)13-21-11-8-19-20-21/h3-5,8,11,14H,6-7,9-10,12-13H2,1-2H3. The van der Waals surface area contributed by atoms with Crippen LogP contribution in [-0.2, 0) is 23.0 Å². The molecule has 0 N–H and O–H groups in total. The van der Waals surface area contributed by atoms with E-state index in [4.69, 9.17) is 4.74 Å². The van der Waals surface area contributed by atoms with E-state index in [2.05, 4.69) is 10.3 Å². The quantitative estimate of drug-likeness (QED) is 0.817. The highest BCUT2D eigenvalue weighted by atomic mass is 32.2. The fourth-order valence-corrected chi connectivity index (χ4v) is 5.48. The first-order valence-corrected chi connectivity index (χ1v) is 10.4. The summed E-state index contributed by atoms with van der Waals surface area (Å²) in [6.45, 7) is 5.80. The van der Waals surface area contributed by atoms with Crippen molar-refractivity contribution in [3.8, 4) is 5.75 Å². The van der Waals surface area contributed by atoms with Crippen molar-refractivity contribution in [2.45, 2.75) is 50.2 Å². The van der Waals surface area contributed by atoms with Crippen molar-refractivity contribution in [1.82, 2.24) is 19.3 Å². The van der Waals surface area contributed by atoms with Crippen LogP contribution >= 0.6 is 0 Å². The molecule has 7 nitrogen and oxygen atoms in total. The van der Waals surface area contributed by atoms with Gasteiger partial charge in [0.05, 0.1) is 6.20 Å². The first kappa shape index (κ1) is 17.5. The molecule has 1 aromatic heterocycles. The minimum atomic E-state index is -3.55. The minimum Gasteiger partial charge on any atom is -0.486 e. The van der Waals surface area contributed by atoms with Gasteiger partial charge in [0.1, 0.15) is 16.2 Å². The van der Waals surface area contributed by atoms with Crippen LogP contribution < -0.4 is 4.74 Å². The van der Waals surface area contributed by atoms with Crippen molar-refractivity contribution in [2.24, 2.45) is 5.92 Å². The van der Waals surface area contributed by atoms with Crippen molar-refractivity contribution in [3.05, 3.63) is 36.2 Å². The molecule has 1 fully saturated rings. The normalized spacial score (nSPS) is 20.7. The highest BCUT2D eigenvalue weighted by Gasteiger charge is 2.37. The predicted octanol–water partition coefficient (Wildman–Crippen LogP) is 2.09. The first-order valence-electron chi connectivity index (χ1n) is 9.00. The number of ether oxygens (including phenoxy) is 1. The van der Waals surface area contributed by atoms with Gasteiger partial charge >= 0.3 is 0 Å².